The molecule has 0 aliphatic carbocycles. The highest BCUT2D eigenvalue weighted by atomic mass is 16.5. The third-order valence-corrected chi connectivity index (χ3v) is 3.29. The zero-order valence-corrected chi connectivity index (χ0v) is 12.1. The summed E-state index contributed by atoms with van der Waals surface area (Å²) in [5.74, 6) is 0.913. The van der Waals surface area contributed by atoms with Crippen LogP contribution in [0.2, 0.25) is 0 Å². The highest BCUT2D eigenvalue weighted by molar-refractivity contribution is 5.54. The maximum atomic E-state index is 6.13. The van der Waals surface area contributed by atoms with Crippen LogP contribution in [-0.2, 0) is 11.2 Å². The Balaban J connectivity index is 2.24. The monoisotopic (exact) mass is 264 g/mol. The lowest BCUT2D eigenvalue weighted by Gasteiger charge is -2.30. The number of ether oxygens (including phenoxy) is 2. The van der Waals surface area contributed by atoms with E-state index in [0.29, 0.717) is 0 Å². The normalized spacial score (nSPS) is 16.5. The summed E-state index contributed by atoms with van der Waals surface area (Å²) < 4.78 is 10.8. The third kappa shape index (κ3) is 3.85. The van der Waals surface area contributed by atoms with Gasteiger partial charge in [-0.3, -0.25) is 0 Å². The summed E-state index contributed by atoms with van der Waals surface area (Å²) in [4.78, 5) is 2.34. The van der Waals surface area contributed by atoms with Crippen molar-refractivity contribution < 1.29 is 9.47 Å². The molecule has 1 aromatic carbocycles. The molecule has 1 heterocycles. The largest absolute Gasteiger partial charge is 0.496 e. The average molecular weight is 264 g/mol. The summed E-state index contributed by atoms with van der Waals surface area (Å²) in [6.45, 7) is 7.55. The van der Waals surface area contributed by atoms with Crippen molar-refractivity contribution in [3.8, 4) is 5.75 Å². The van der Waals surface area contributed by atoms with Crippen molar-refractivity contribution in [1.82, 2.24) is 0 Å². The maximum absolute atomic E-state index is 6.13. The summed E-state index contributed by atoms with van der Waals surface area (Å²) in [6.07, 6.45) is 0.800. The molecular weight excluding hydrogens is 240 g/mol. The van der Waals surface area contributed by atoms with Crippen LogP contribution >= 0.6 is 0 Å². The van der Waals surface area contributed by atoms with Crippen LogP contribution < -0.4 is 15.4 Å². The predicted octanol–water partition coefficient (Wildman–Crippen LogP) is 1.81. The Labute approximate surface area is 115 Å². The smallest absolute Gasteiger partial charge is 0.122 e. The van der Waals surface area contributed by atoms with Gasteiger partial charge in [0, 0.05) is 24.3 Å². The zero-order chi connectivity index (χ0) is 13.9. The van der Waals surface area contributed by atoms with Gasteiger partial charge in [-0.25, -0.2) is 0 Å². The zero-order valence-electron chi connectivity index (χ0n) is 12.1. The molecule has 1 saturated heterocycles. The molecule has 1 aliphatic heterocycles. The second-order valence-electron chi connectivity index (χ2n) is 5.76. The number of hydrogen-bond donors (Lipinski definition) is 1. The van der Waals surface area contributed by atoms with Crippen LogP contribution in [0.1, 0.15) is 19.4 Å². The molecule has 4 heteroatoms. The van der Waals surface area contributed by atoms with Crippen molar-refractivity contribution in [2.75, 3.05) is 38.3 Å². The molecule has 0 spiro atoms. The van der Waals surface area contributed by atoms with Gasteiger partial charge in [-0.15, -0.1) is 0 Å². The topological polar surface area (TPSA) is 47.7 Å². The van der Waals surface area contributed by atoms with Gasteiger partial charge in [0.05, 0.1) is 20.3 Å². The first-order chi connectivity index (χ1) is 8.99. The van der Waals surface area contributed by atoms with Crippen molar-refractivity contribution >= 4 is 5.69 Å². The quantitative estimate of drug-likeness (QED) is 0.901. The molecule has 19 heavy (non-hydrogen) atoms. The molecule has 0 atom stereocenters. The van der Waals surface area contributed by atoms with Crippen LogP contribution in [0.25, 0.3) is 0 Å². The van der Waals surface area contributed by atoms with E-state index in [0.717, 1.165) is 38.5 Å². The molecule has 1 aromatic rings. The Morgan fingerprint density at radius 2 is 2.00 bits per heavy atom. The molecule has 0 radical (unpaired) electrons. The second-order valence-corrected chi connectivity index (χ2v) is 5.76. The van der Waals surface area contributed by atoms with Crippen molar-refractivity contribution in [1.29, 1.82) is 0 Å². The van der Waals surface area contributed by atoms with Crippen LogP contribution in [0.4, 0.5) is 5.69 Å². The maximum Gasteiger partial charge on any atom is 0.122 e. The number of nitrogens with zero attached hydrogens (tertiary/aromatic N) is 1. The van der Waals surface area contributed by atoms with Gasteiger partial charge in [0.1, 0.15) is 5.75 Å². The summed E-state index contributed by atoms with van der Waals surface area (Å²) >= 11 is 0. The summed E-state index contributed by atoms with van der Waals surface area (Å²) in [7, 11) is 1.71. The first-order valence-corrected chi connectivity index (χ1v) is 6.78. The van der Waals surface area contributed by atoms with E-state index in [1.165, 1.54) is 11.3 Å². The third-order valence-electron chi connectivity index (χ3n) is 3.29. The fourth-order valence-corrected chi connectivity index (χ4v) is 2.41. The molecule has 2 N–H and O–H groups in total. The van der Waals surface area contributed by atoms with Gasteiger partial charge < -0.3 is 20.1 Å². The van der Waals surface area contributed by atoms with Gasteiger partial charge in [-0.1, -0.05) is 0 Å². The molecule has 2 rings (SSSR count). The highest BCUT2D eigenvalue weighted by Crippen LogP contribution is 2.28. The number of benzene rings is 1. The van der Waals surface area contributed by atoms with Gasteiger partial charge in [-0.05, 0) is 44.0 Å². The number of morpholine rings is 1. The van der Waals surface area contributed by atoms with E-state index in [4.69, 9.17) is 15.2 Å². The SMILES string of the molecule is COc1ccc(N2CCOCC2)cc1CC(C)(C)N. The molecular formula is C15H24N2O2. The van der Waals surface area contributed by atoms with E-state index in [2.05, 4.69) is 17.0 Å². The molecule has 0 unspecified atom stereocenters. The van der Waals surface area contributed by atoms with Gasteiger partial charge >= 0.3 is 0 Å². The Morgan fingerprint density at radius 3 is 2.58 bits per heavy atom. The molecule has 106 valence electrons. The van der Waals surface area contributed by atoms with E-state index < -0.39 is 0 Å². The van der Waals surface area contributed by atoms with Gasteiger partial charge in [0.2, 0.25) is 0 Å². The Hall–Kier alpha value is -1.26. The lowest BCUT2D eigenvalue weighted by molar-refractivity contribution is 0.122. The minimum absolute atomic E-state index is 0.239. The summed E-state index contributed by atoms with van der Waals surface area (Å²) in [5.41, 5.74) is 8.28. The van der Waals surface area contributed by atoms with Gasteiger partial charge in [0.15, 0.2) is 0 Å². The molecule has 1 fully saturated rings. The number of nitrogens with two attached hydrogens (primary N) is 1. The number of hydrogen-bond acceptors (Lipinski definition) is 4. The van der Waals surface area contributed by atoms with Crippen LogP contribution in [0, 0.1) is 0 Å². The standard InChI is InChI=1S/C15H24N2O2/c1-15(2,16)11-12-10-13(4-5-14(12)18-3)17-6-8-19-9-7-17/h4-5,10H,6-9,11,16H2,1-3H3. The van der Waals surface area contributed by atoms with Crippen LogP contribution in [0.15, 0.2) is 18.2 Å². The van der Waals surface area contributed by atoms with Crippen molar-refractivity contribution in [2.45, 2.75) is 25.8 Å². The Kier molecular flexibility index (Phi) is 4.32. The first kappa shape index (κ1) is 14.2. The molecule has 0 amide bonds. The van der Waals surface area contributed by atoms with Gasteiger partial charge in [-0.2, -0.15) is 0 Å². The lowest BCUT2D eigenvalue weighted by Crippen LogP contribution is -2.37. The first-order valence-electron chi connectivity index (χ1n) is 6.78. The van der Waals surface area contributed by atoms with Gasteiger partial charge in [0.25, 0.3) is 0 Å². The number of methoxy groups -OCH3 is 1. The van der Waals surface area contributed by atoms with Crippen molar-refractivity contribution in [2.24, 2.45) is 5.73 Å². The second kappa shape index (κ2) is 5.80. The molecule has 0 aromatic heterocycles. The number of rotatable bonds is 4. The lowest BCUT2D eigenvalue weighted by atomic mass is 9.95. The van der Waals surface area contributed by atoms with Crippen molar-refractivity contribution in [3.05, 3.63) is 23.8 Å². The fraction of sp³-hybridized carbons (Fsp3) is 0.600. The van der Waals surface area contributed by atoms with Crippen LogP contribution in [0.5, 0.6) is 5.75 Å². The van der Waals surface area contributed by atoms with E-state index >= 15 is 0 Å². The average Bonchev–Trinajstić information content (AvgIpc) is 2.38. The van der Waals surface area contributed by atoms with E-state index in [1.54, 1.807) is 7.11 Å². The van der Waals surface area contributed by atoms with Crippen LogP contribution in [-0.4, -0.2) is 39.0 Å². The van der Waals surface area contributed by atoms with E-state index in [9.17, 15) is 0 Å². The molecule has 0 saturated carbocycles. The molecule has 0 bridgehead atoms. The van der Waals surface area contributed by atoms with Crippen molar-refractivity contribution in [3.63, 3.8) is 0 Å². The Bertz CT molecular complexity index is 421. The van der Waals surface area contributed by atoms with E-state index in [-0.39, 0.29) is 5.54 Å². The number of anilines is 1. The molecule has 4 nitrogen and oxygen atoms in total. The summed E-state index contributed by atoms with van der Waals surface area (Å²) in [5, 5.41) is 0. The predicted molar refractivity (Wildman–Crippen MR) is 78.0 cm³/mol. The molecule has 1 aliphatic rings. The minimum atomic E-state index is -0.239. The highest BCUT2D eigenvalue weighted by Gasteiger charge is 2.18. The summed E-state index contributed by atoms with van der Waals surface area (Å²) in [6, 6.07) is 6.34. The Morgan fingerprint density at radius 1 is 1.32 bits per heavy atom. The minimum Gasteiger partial charge on any atom is -0.496 e. The fourth-order valence-electron chi connectivity index (χ4n) is 2.41. The van der Waals surface area contributed by atoms with Crippen LogP contribution in [0.3, 0.4) is 0 Å². The van der Waals surface area contributed by atoms with E-state index in [1.807, 2.05) is 19.9 Å².